The monoisotopic (exact) mass is 377 g/mol. The number of nitrogens with one attached hydrogen (secondary N) is 1. The molecule has 0 aliphatic heterocycles. The second-order valence-electron chi connectivity index (χ2n) is 5.43. The Labute approximate surface area is 147 Å². The van der Waals surface area contributed by atoms with Crippen LogP contribution in [0.25, 0.3) is 0 Å². The minimum Gasteiger partial charge on any atom is -0.487 e. The molecule has 0 spiro atoms. The molecule has 0 fully saturated rings. The van der Waals surface area contributed by atoms with E-state index in [0.717, 1.165) is 47.7 Å². The molecule has 5 heteroatoms. The van der Waals surface area contributed by atoms with Gasteiger partial charge in [-0.25, -0.2) is 0 Å². The van der Waals surface area contributed by atoms with Crippen LogP contribution in [0.15, 0.2) is 47.1 Å². The fourth-order valence-corrected chi connectivity index (χ4v) is 2.52. The second-order valence-corrected chi connectivity index (χ2v) is 6.35. The molecule has 1 aromatic carbocycles. The molecule has 0 unspecified atom stereocenters. The van der Waals surface area contributed by atoms with Crippen molar-refractivity contribution in [3.8, 4) is 5.75 Å². The average Bonchev–Trinajstić information content (AvgIpc) is 2.58. The van der Waals surface area contributed by atoms with Crippen LogP contribution in [0.1, 0.15) is 18.2 Å². The molecule has 1 heterocycles. The first-order valence-electron chi connectivity index (χ1n) is 7.89. The molecular formula is C18H24BrN3O. The van der Waals surface area contributed by atoms with Crippen molar-refractivity contribution in [2.75, 3.05) is 26.7 Å². The van der Waals surface area contributed by atoms with E-state index in [-0.39, 0.29) is 0 Å². The molecule has 2 aromatic rings. The maximum absolute atomic E-state index is 5.94. The highest BCUT2D eigenvalue weighted by Crippen LogP contribution is 2.24. The van der Waals surface area contributed by atoms with Gasteiger partial charge in [0, 0.05) is 35.9 Å². The van der Waals surface area contributed by atoms with Crippen LogP contribution in [-0.2, 0) is 13.2 Å². The number of hydrogen-bond acceptors (Lipinski definition) is 4. The molecule has 0 amide bonds. The van der Waals surface area contributed by atoms with E-state index in [1.54, 1.807) is 6.20 Å². The number of rotatable bonds is 9. The summed E-state index contributed by atoms with van der Waals surface area (Å²) in [5.41, 5.74) is 2.08. The largest absolute Gasteiger partial charge is 0.487 e. The van der Waals surface area contributed by atoms with E-state index in [0.29, 0.717) is 6.61 Å². The Balaban J connectivity index is 1.91. The third kappa shape index (κ3) is 6.29. The van der Waals surface area contributed by atoms with Crippen molar-refractivity contribution < 1.29 is 4.74 Å². The standard InChI is InChI=1S/C18H24BrN3O/c1-3-22(2)11-10-20-13-15-12-16(19)7-8-18(15)23-14-17-6-4-5-9-21-17/h4-9,12,20H,3,10-11,13-14H2,1-2H3. The van der Waals surface area contributed by atoms with Gasteiger partial charge in [0.15, 0.2) is 0 Å². The molecule has 1 aromatic heterocycles. The molecular weight excluding hydrogens is 354 g/mol. The summed E-state index contributed by atoms with van der Waals surface area (Å²) < 4.78 is 7.00. The second kappa shape index (κ2) is 9.65. The summed E-state index contributed by atoms with van der Waals surface area (Å²) in [6, 6.07) is 12.0. The zero-order valence-electron chi connectivity index (χ0n) is 13.8. The zero-order valence-corrected chi connectivity index (χ0v) is 15.3. The normalized spacial score (nSPS) is 11.0. The van der Waals surface area contributed by atoms with E-state index in [4.69, 9.17) is 4.74 Å². The first kappa shape index (κ1) is 17.9. The topological polar surface area (TPSA) is 37.4 Å². The van der Waals surface area contributed by atoms with Crippen LogP contribution < -0.4 is 10.1 Å². The molecule has 124 valence electrons. The molecule has 23 heavy (non-hydrogen) atoms. The number of halogens is 1. The number of pyridine rings is 1. The van der Waals surface area contributed by atoms with Crippen LogP contribution in [0.4, 0.5) is 0 Å². The number of likely N-dealkylation sites (N-methyl/N-ethyl adjacent to an activating group) is 1. The lowest BCUT2D eigenvalue weighted by molar-refractivity contribution is 0.296. The van der Waals surface area contributed by atoms with Gasteiger partial charge in [0.05, 0.1) is 5.69 Å². The summed E-state index contributed by atoms with van der Waals surface area (Å²) in [6.07, 6.45) is 1.78. The molecule has 0 saturated carbocycles. The van der Waals surface area contributed by atoms with Gasteiger partial charge >= 0.3 is 0 Å². The van der Waals surface area contributed by atoms with E-state index in [1.807, 2.05) is 30.3 Å². The van der Waals surface area contributed by atoms with Crippen LogP contribution in [0.2, 0.25) is 0 Å². The zero-order chi connectivity index (χ0) is 16.5. The molecule has 0 radical (unpaired) electrons. The minimum atomic E-state index is 0.480. The predicted octanol–water partition coefficient (Wildman–Crippen LogP) is 3.46. The van der Waals surface area contributed by atoms with Crippen LogP contribution in [0.5, 0.6) is 5.75 Å². The van der Waals surface area contributed by atoms with Crippen molar-refractivity contribution in [3.05, 3.63) is 58.3 Å². The first-order chi connectivity index (χ1) is 11.2. The van der Waals surface area contributed by atoms with Crippen LogP contribution in [0, 0.1) is 0 Å². The molecule has 0 bridgehead atoms. The summed E-state index contributed by atoms with van der Waals surface area (Å²) in [7, 11) is 2.13. The fraction of sp³-hybridized carbons (Fsp3) is 0.389. The SMILES string of the molecule is CCN(C)CCNCc1cc(Br)ccc1OCc1ccccn1. The number of nitrogens with zero attached hydrogens (tertiary/aromatic N) is 2. The van der Waals surface area contributed by atoms with Crippen molar-refractivity contribution in [3.63, 3.8) is 0 Å². The summed E-state index contributed by atoms with van der Waals surface area (Å²) in [5, 5.41) is 3.47. The molecule has 0 atom stereocenters. The molecule has 0 aliphatic carbocycles. The van der Waals surface area contributed by atoms with Gasteiger partial charge in [-0.2, -0.15) is 0 Å². The summed E-state index contributed by atoms with van der Waals surface area (Å²) in [5.74, 6) is 0.898. The van der Waals surface area contributed by atoms with Crippen LogP contribution in [-0.4, -0.2) is 36.6 Å². The summed E-state index contributed by atoms with van der Waals surface area (Å²) in [6.45, 7) is 6.49. The van der Waals surface area contributed by atoms with Crippen molar-refractivity contribution in [1.29, 1.82) is 0 Å². The van der Waals surface area contributed by atoms with Crippen molar-refractivity contribution in [2.24, 2.45) is 0 Å². The molecule has 1 N–H and O–H groups in total. The highest BCUT2D eigenvalue weighted by atomic mass is 79.9. The molecule has 0 saturated heterocycles. The van der Waals surface area contributed by atoms with Gasteiger partial charge in [0.1, 0.15) is 12.4 Å². The Bertz CT molecular complexity index is 592. The van der Waals surface area contributed by atoms with Gasteiger partial charge in [-0.3, -0.25) is 4.98 Å². The van der Waals surface area contributed by atoms with E-state index in [2.05, 4.69) is 51.2 Å². The van der Waals surface area contributed by atoms with E-state index in [1.165, 1.54) is 0 Å². The third-order valence-electron chi connectivity index (χ3n) is 3.65. The number of ether oxygens (including phenoxy) is 1. The third-order valence-corrected chi connectivity index (χ3v) is 4.14. The summed E-state index contributed by atoms with van der Waals surface area (Å²) >= 11 is 3.53. The lowest BCUT2D eigenvalue weighted by Crippen LogP contribution is -2.28. The van der Waals surface area contributed by atoms with Gasteiger partial charge in [0.2, 0.25) is 0 Å². The fourth-order valence-electron chi connectivity index (χ4n) is 2.11. The van der Waals surface area contributed by atoms with Gasteiger partial charge in [-0.05, 0) is 43.9 Å². The summed E-state index contributed by atoms with van der Waals surface area (Å²) in [4.78, 5) is 6.57. The highest BCUT2D eigenvalue weighted by molar-refractivity contribution is 9.10. The van der Waals surface area contributed by atoms with Gasteiger partial charge in [-0.15, -0.1) is 0 Å². The van der Waals surface area contributed by atoms with Crippen molar-refractivity contribution in [1.82, 2.24) is 15.2 Å². The van der Waals surface area contributed by atoms with E-state index < -0.39 is 0 Å². The lowest BCUT2D eigenvalue weighted by atomic mass is 10.2. The van der Waals surface area contributed by atoms with E-state index in [9.17, 15) is 0 Å². The number of benzene rings is 1. The van der Waals surface area contributed by atoms with E-state index >= 15 is 0 Å². The average molecular weight is 378 g/mol. The quantitative estimate of drug-likeness (QED) is 0.678. The van der Waals surface area contributed by atoms with Crippen LogP contribution in [0.3, 0.4) is 0 Å². The van der Waals surface area contributed by atoms with Gasteiger partial charge in [0.25, 0.3) is 0 Å². The number of aromatic nitrogens is 1. The van der Waals surface area contributed by atoms with Gasteiger partial charge < -0.3 is 15.0 Å². The first-order valence-corrected chi connectivity index (χ1v) is 8.68. The predicted molar refractivity (Wildman–Crippen MR) is 97.6 cm³/mol. The molecule has 2 rings (SSSR count). The lowest BCUT2D eigenvalue weighted by Gasteiger charge is -2.15. The molecule has 4 nitrogen and oxygen atoms in total. The Morgan fingerprint density at radius 3 is 2.87 bits per heavy atom. The van der Waals surface area contributed by atoms with Crippen molar-refractivity contribution in [2.45, 2.75) is 20.1 Å². The maximum atomic E-state index is 5.94. The Morgan fingerprint density at radius 1 is 1.26 bits per heavy atom. The number of hydrogen-bond donors (Lipinski definition) is 1. The van der Waals surface area contributed by atoms with Gasteiger partial charge in [-0.1, -0.05) is 28.9 Å². The highest BCUT2D eigenvalue weighted by Gasteiger charge is 2.06. The Kier molecular flexibility index (Phi) is 7.52. The molecule has 0 aliphatic rings. The Morgan fingerprint density at radius 2 is 2.13 bits per heavy atom. The van der Waals surface area contributed by atoms with Crippen molar-refractivity contribution >= 4 is 15.9 Å². The maximum Gasteiger partial charge on any atom is 0.130 e. The smallest absolute Gasteiger partial charge is 0.130 e. The Hall–Kier alpha value is -1.43. The minimum absolute atomic E-state index is 0.480. The van der Waals surface area contributed by atoms with Crippen LogP contribution >= 0.6 is 15.9 Å².